The Hall–Kier alpha value is -0.570. The zero-order chi connectivity index (χ0) is 15.4. The quantitative estimate of drug-likeness (QED) is 0.430. The molecule has 0 saturated heterocycles. The minimum absolute atomic E-state index is 0.0457. The zero-order valence-corrected chi connectivity index (χ0v) is 14.0. The predicted octanol–water partition coefficient (Wildman–Crippen LogP) is 4.29. The number of ether oxygens (including phenoxy) is 1. The van der Waals surface area contributed by atoms with Crippen LogP contribution in [0, 0.1) is 11.8 Å². The van der Waals surface area contributed by atoms with Crippen molar-refractivity contribution in [1.29, 1.82) is 0 Å². The number of carbonyl (C=O) groups excluding carboxylic acids is 1. The molecule has 0 aliphatic carbocycles. The van der Waals surface area contributed by atoms with Crippen molar-refractivity contribution in [3.63, 3.8) is 0 Å². The molecule has 2 unspecified atom stereocenters. The summed E-state index contributed by atoms with van der Waals surface area (Å²) >= 11 is 0. The van der Waals surface area contributed by atoms with Gasteiger partial charge in [-0.2, -0.15) is 0 Å². The van der Waals surface area contributed by atoms with Gasteiger partial charge in [0, 0.05) is 6.42 Å². The van der Waals surface area contributed by atoms with Gasteiger partial charge < -0.3 is 10.5 Å². The number of hydrogen-bond donors (Lipinski definition) is 1. The number of nitrogens with two attached hydrogens (primary N) is 1. The molecule has 0 radical (unpaired) electrons. The summed E-state index contributed by atoms with van der Waals surface area (Å²) in [5, 5.41) is 0. The summed E-state index contributed by atoms with van der Waals surface area (Å²) in [5.74, 6) is 1.07. The molecule has 0 saturated carbocycles. The van der Waals surface area contributed by atoms with Crippen LogP contribution in [-0.4, -0.2) is 18.6 Å². The second kappa shape index (κ2) is 12.2. The van der Waals surface area contributed by atoms with Crippen LogP contribution in [0.5, 0.6) is 0 Å². The summed E-state index contributed by atoms with van der Waals surface area (Å²) in [5.41, 5.74) is 5.62. The molecule has 0 aliphatic rings. The number of esters is 1. The van der Waals surface area contributed by atoms with Crippen LogP contribution in [0.4, 0.5) is 0 Å². The largest absolute Gasteiger partial charge is 0.463 e. The van der Waals surface area contributed by atoms with Crippen LogP contribution in [0.2, 0.25) is 0 Å². The van der Waals surface area contributed by atoms with Gasteiger partial charge in [-0.05, 0) is 51.0 Å². The Balaban J connectivity index is 3.80. The molecular weight excluding hydrogens is 250 g/mol. The maximum absolute atomic E-state index is 11.8. The van der Waals surface area contributed by atoms with Crippen molar-refractivity contribution in [1.82, 2.24) is 0 Å². The Morgan fingerprint density at radius 3 is 2.30 bits per heavy atom. The van der Waals surface area contributed by atoms with E-state index in [4.69, 9.17) is 10.5 Å². The van der Waals surface area contributed by atoms with E-state index in [0.29, 0.717) is 24.8 Å². The van der Waals surface area contributed by atoms with Crippen molar-refractivity contribution in [2.75, 3.05) is 6.54 Å². The molecule has 0 heterocycles. The van der Waals surface area contributed by atoms with E-state index >= 15 is 0 Å². The summed E-state index contributed by atoms with van der Waals surface area (Å²) in [6.07, 6.45) is 8.39. The SMILES string of the molecule is CCCCCCC(C)OC(=O)CCC(CCN)C(C)C. The van der Waals surface area contributed by atoms with Gasteiger partial charge in [-0.1, -0.05) is 40.0 Å². The normalized spacial score (nSPS) is 14.3. The summed E-state index contributed by atoms with van der Waals surface area (Å²) in [6, 6.07) is 0. The van der Waals surface area contributed by atoms with Crippen LogP contribution < -0.4 is 5.73 Å². The molecule has 0 aromatic carbocycles. The van der Waals surface area contributed by atoms with E-state index in [0.717, 1.165) is 25.7 Å². The fraction of sp³-hybridized carbons (Fsp3) is 0.941. The summed E-state index contributed by atoms with van der Waals surface area (Å²) in [4.78, 5) is 11.8. The molecule has 2 atom stereocenters. The molecule has 0 fully saturated rings. The molecule has 0 spiro atoms. The first-order chi connectivity index (χ1) is 9.51. The van der Waals surface area contributed by atoms with Gasteiger partial charge in [0.1, 0.15) is 0 Å². The van der Waals surface area contributed by atoms with E-state index in [1.54, 1.807) is 0 Å². The molecule has 3 nitrogen and oxygen atoms in total. The third-order valence-corrected chi connectivity index (χ3v) is 4.00. The molecule has 0 aromatic rings. The van der Waals surface area contributed by atoms with Crippen LogP contribution in [0.25, 0.3) is 0 Å². The van der Waals surface area contributed by atoms with E-state index in [-0.39, 0.29) is 12.1 Å². The lowest BCUT2D eigenvalue weighted by Gasteiger charge is -2.20. The van der Waals surface area contributed by atoms with Gasteiger partial charge in [0.2, 0.25) is 0 Å². The number of rotatable bonds is 12. The summed E-state index contributed by atoms with van der Waals surface area (Å²) in [6.45, 7) is 9.30. The van der Waals surface area contributed by atoms with Crippen molar-refractivity contribution >= 4 is 5.97 Å². The molecule has 120 valence electrons. The van der Waals surface area contributed by atoms with Crippen molar-refractivity contribution in [2.24, 2.45) is 17.6 Å². The number of hydrogen-bond acceptors (Lipinski definition) is 3. The second-order valence-electron chi connectivity index (χ2n) is 6.27. The Bertz CT molecular complexity index is 241. The lowest BCUT2D eigenvalue weighted by Crippen LogP contribution is -2.19. The van der Waals surface area contributed by atoms with Crippen LogP contribution in [0.1, 0.15) is 79.1 Å². The third kappa shape index (κ3) is 10.2. The van der Waals surface area contributed by atoms with Crippen molar-refractivity contribution in [3.05, 3.63) is 0 Å². The van der Waals surface area contributed by atoms with Crippen molar-refractivity contribution in [3.8, 4) is 0 Å². The Morgan fingerprint density at radius 1 is 1.05 bits per heavy atom. The van der Waals surface area contributed by atoms with Crippen molar-refractivity contribution in [2.45, 2.75) is 85.2 Å². The lowest BCUT2D eigenvalue weighted by molar-refractivity contribution is -0.149. The van der Waals surface area contributed by atoms with Crippen LogP contribution in [0.3, 0.4) is 0 Å². The first kappa shape index (κ1) is 19.4. The minimum Gasteiger partial charge on any atom is -0.463 e. The molecule has 0 rings (SSSR count). The van der Waals surface area contributed by atoms with E-state index < -0.39 is 0 Å². The van der Waals surface area contributed by atoms with E-state index in [1.807, 2.05) is 6.92 Å². The average molecular weight is 285 g/mol. The summed E-state index contributed by atoms with van der Waals surface area (Å²) in [7, 11) is 0. The van der Waals surface area contributed by atoms with Crippen LogP contribution >= 0.6 is 0 Å². The van der Waals surface area contributed by atoms with Crippen LogP contribution in [-0.2, 0) is 9.53 Å². The standard InChI is InChI=1S/C17H35NO2/c1-5-6-7-8-9-15(4)20-17(19)11-10-16(12-13-18)14(2)3/h14-16H,5-13,18H2,1-4H3. The smallest absolute Gasteiger partial charge is 0.306 e. The Morgan fingerprint density at radius 2 is 1.75 bits per heavy atom. The maximum Gasteiger partial charge on any atom is 0.306 e. The second-order valence-corrected chi connectivity index (χ2v) is 6.27. The molecule has 3 heteroatoms. The molecular formula is C17H35NO2. The third-order valence-electron chi connectivity index (χ3n) is 4.00. The van der Waals surface area contributed by atoms with E-state index in [1.165, 1.54) is 19.3 Å². The van der Waals surface area contributed by atoms with Gasteiger partial charge >= 0.3 is 5.97 Å². The van der Waals surface area contributed by atoms with Gasteiger partial charge in [-0.15, -0.1) is 0 Å². The minimum atomic E-state index is -0.0457. The highest BCUT2D eigenvalue weighted by atomic mass is 16.5. The van der Waals surface area contributed by atoms with Gasteiger partial charge in [0.15, 0.2) is 0 Å². The highest BCUT2D eigenvalue weighted by Crippen LogP contribution is 2.21. The average Bonchev–Trinajstić information content (AvgIpc) is 2.39. The first-order valence-electron chi connectivity index (χ1n) is 8.40. The first-order valence-corrected chi connectivity index (χ1v) is 8.40. The fourth-order valence-corrected chi connectivity index (χ4v) is 2.53. The number of unbranched alkanes of at least 4 members (excludes halogenated alkanes) is 3. The fourth-order valence-electron chi connectivity index (χ4n) is 2.53. The molecule has 0 aliphatic heterocycles. The Kier molecular flexibility index (Phi) is 11.8. The van der Waals surface area contributed by atoms with Crippen molar-refractivity contribution < 1.29 is 9.53 Å². The van der Waals surface area contributed by atoms with Gasteiger partial charge in [-0.25, -0.2) is 0 Å². The molecule has 0 aromatic heterocycles. The Labute approximate surface area is 125 Å². The van der Waals surface area contributed by atoms with Crippen LogP contribution in [0.15, 0.2) is 0 Å². The topological polar surface area (TPSA) is 52.3 Å². The predicted molar refractivity (Wildman–Crippen MR) is 85.5 cm³/mol. The lowest BCUT2D eigenvalue weighted by atomic mass is 9.88. The highest BCUT2D eigenvalue weighted by Gasteiger charge is 2.16. The highest BCUT2D eigenvalue weighted by molar-refractivity contribution is 5.69. The van der Waals surface area contributed by atoms with Gasteiger partial charge in [-0.3, -0.25) is 4.79 Å². The van der Waals surface area contributed by atoms with E-state index in [9.17, 15) is 4.79 Å². The number of carbonyl (C=O) groups is 1. The summed E-state index contributed by atoms with van der Waals surface area (Å²) < 4.78 is 5.47. The molecule has 20 heavy (non-hydrogen) atoms. The zero-order valence-electron chi connectivity index (χ0n) is 14.0. The molecule has 2 N–H and O–H groups in total. The monoisotopic (exact) mass is 285 g/mol. The molecule has 0 bridgehead atoms. The van der Waals surface area contributed by atoms with Gasteiger partial charge in [0.05, 0.1) is 6.10 Å². The van der Waals surface area contributed by atoms with Gasteiger partial charge in [0.25, 0.3) is 0 Å². The molecule has 0 amide bonds. The maximum atomic E-state index is 11.8. The van der Waals surface area contributed by atoms with E-state index in [2.05, 4.69) is 20.8 Å².